The van der Waals surface area contributed by atoms with Crippen molar-refractivity contribution in [3.63, 3.8) is 0 Å². The normalized spacial score (nSPS) is 21.8. The molecule has 2 aliphatic rings. The summed E-state index contributed by atoms with van der Waals surface area (Å²) in [4.78, 5) is 39.4. The number of hydrogen-bond acceptors (Lipinski definition) is 3. The highest BCUT2D eigenvalue weighted by atomic mass is 16.2. The number of nitrogens with zero attached hydrogens (tertiary/aromatic N) is 2. The standard InChI is InChI=1S/C16H18N2O3/c1-10-3-5-13(6-4-10)18-15(20)9-14(16(18)21)17(11(2)19)12-7-8-12/h3-6,12,14H,7-9H2,1-2H3. The first kappa shape index (κ1) is 13.8. The fraction of sp³-hybridized carbons (Fsp3) is 0.438. The molecule has 5 nitrogen and oxygen atoms in total. The predicted octanol–water partition coefficient (Wildman–Crippen LogP) is 1.64. The van der Waals surface area contributed by atoms with Crippen LogP contribution in [0.25, 0.3) is 0 Å². The highest BCUT2D eigenvalue weighted by Gasteiger charge is 2.47. The minimum Gasteiger partial charge on any atom is -0.327 e. The van der Waals surface area contributed by atoms with Crippen LogP contribution in [0.15, 0.2) is 24.3 Å². The van der Waals surface area contributed by atoms with Crippen LogP contribution in [-0.2, 0) is 14.4 Å². The number of carbonyl (C=O) groups is 3. The van der Waals surface area contributed by atoms with Crippen molar-refractivity contribution in [2.45, 2.75) is 45.2 Å². The van der Waals surface area contributed by atoms with Gasteiger partial charge in [0.2, 0.25) is 11.8 Å². The van der Waals surface area contributed by atoms with E-state index in [1.807, 2.05) is 19.1 Å². The molecule has 2 fully saturated rings. The molecule has 1 unspecified atom stereocenters. The molecular weight excluding hydrogens is 268 g/mol. The smallest absolute Gasteiger partial charge is 0.257 e. The maximum Gasteiger partial charge on any atom is 0.257 e. The van der Waals surface area contributed by atoms with E-state index in [9.17, 15) is 14.4 Å². The first-order chi connectivity index (χ1) is 9.99. The molecule has 1 heterocycles. The van der Waals surface area contributed by atoms with Gasteiger partial charge >= 0.3 is 0 Å². The average Bonchev–Trinajstić information content (AvgIpc) is 3.20. The number of aryl methyl sites for hydroxylation is 1. The highest BCUT2D eigenvalue weighted by Crippen LogP contribution is 2.34. The van der Waals surface area contributed by atoms with Crippen molar-refractivity contribution in [2.75, 3.05) is 4.90 Å². The van der Waals surface area contributed by atoms with Crippen LogP contribution >= 0.6 is 0 Å². The summed E-state index contributed by atoms with van der Waals surface area (Å²) in [5, 5.41) is 0. The van der Waals surface area contributed by atoms with Crippen LogP contribution in [0.2, 0.25) is 0 Å². The van der Waals surface area contributed by atoms with Gasteiger partial charge in [0.05, 0.1) is 12.1 Å². The molecule has 21 heavy (non-hydrogen) atoms. The Labute approximate surface area is 123 Å². The summed E-state index contributed by atoms with van der Waals surface area (Å²) >= 11 is 0. The quantitative estimate of drug-likeness (QED) is 0.794. The monoisotopic (exact) mass is 286 g/mol. The maximum atomic E-state index is 12.6. The van der Waals surface area contributed by atoms with Gasteiger partial charge in [-0.1, -0.05) is 17.7 Å². The molecule has 5 heteroatoms. The Kier molecular flexibility index (Phi) is 3.27. The lowest BCUT2D eigenvalue weighted by molar-refractivity contribution is -0.137. The first-order valence-corrected chi connectivity index (χ1v) is 7.21. The van der Waals surface area contributed by atoms with Gasteiger partial charge in [0.15, 0.2) is 0 Å². The summed E-state index contributed by atoms with van der Waals surface area (Å²) in [7, 11) is 0. The number of anilines is 1. The zero-order valence-corrected chi connectivity index (χ0v) is 12.2. The second-order valence-electron chi connectivity index (χ2n) is 5.78. The summed E-state index contributed by atoms with van der Waals surface area (Å²) < 4.78 is 0. The molecule has 1 saturated carbocycles. The number of imide groups is 1. The maximum absolute atomic E-state index is 12.6. The number of benzene rings is 1. The van der Waals surface area contributed by atoms with Crippen LogP contribution in [0.3, 0.4) is 0 Å². The average molecular weight is 286 g/mol. The Bertz CT molecular complexity index is 604. The molecule has 1 aromatic rings. The summed E-state index contributed by atoms with van der Waals surface area (Å²) in [5.41, 5.74) is 1.65. The van der Waals surface area contributed by atoms with E-state index in [0.717, 1.165) is 18.4 Å². The van der Waals surface area contributed by atoms with Crippen LogP contribution in [0, 0.1) is 6.92 Å². The van der Waals surface area contributed by atoms with Crippen LogP contribution in [0.5, 0.6) is 0 Å². The van der Waals surface area contributed by atoms with Gasteiger partial charge in [0.1, 0.15) is 6.04 Å². The van der Waals surface area contributed by atoms with Crippen molar-refractivity contribution in [3.05, 3.63) is 29.8 Å². The minimum atomic E-state index is -0.635. The largest absolute Gasteiger partial charge is 0.327 e. The molecule has 0 aromatic heterocycles. The SMILES string of the molecule is CC(=O)N(C1CC1)C1CC(=O)N(c2ccc(C)cc2)C1=O. The molecule has 3 amide bonds. The van der Waals surface area contributed by atoms with E-state index in [2.05, 4.69) is 0 Å². The van der Waals surface area contributed by atoms with E-state index < -0.39 is 6.04 Å². The lowest BCUT2D eigenvalue weighted by atomic mass is 10.2. The Balaban J connectivity index is 1.88. The van der Waals surface area contributed by atoms with Gasteiger partial charge in [-0.05, 0) is 31.9 Å². The van der Waals surface area contributed by atoms with Gasteiger partial charge in [-0.2, -0.15) is 0 Å². The molecule has 0 radical (unpaired) electrons. The highest BCUT2D eigenvalue weighted by molar-refractivity contribution is 6.23. The van der Waals surface area contributed by atoms with Crippen LogP contribution < -0.4 is 4.90 Å². The van der Waals surface area contributed by atoms with Crippen molar-refractivity contribution in [3.8, 4) is 0 Å². The van der Waals surface area contributed by atoms with Gasteiger partial charge in [-0.15, -0.1) is 0 Å². The van der Waals surface area contributed by atoms with E-state index in [0.29, 0.717) is 5.69 Å². The Morgan fingerprint density at radius 3 is 2.33 bits per heavy atom. The van der Waals surface area contributed by atoms with E-state index in [1.165, 1.54) is 11.8 Å². The van der Waals surface area contributed by atoms with Gasteiger partial charge in [-0.3, -0.25) is 14.4 Å². The summed E-state index contributed by atoms with van der Waals surface area (Å²) in [6, 6.07) is 6.76. The van der Waals surface area contributed by atoms with Crippen molar-refractivity contribution in [1.29, 1.82) is 0 Å². The second-order valence-corrected chi connectivity index (χ2v) is 5.78. The molecular formula is C16H18N2O3. The summed E-state index contributed by atoms with van der Waals surface area (Å²) in [6.07, 6.45) is 1.92. The van der Waals surface area contributed by atoms with Gasteiger partial charge in [-0.25, -0.2) is 4.90 Å². The molecule has 1 aliphatic carbocycles. The molecule has 1 atom stereocenters. The summed E-state index contributed by atoms with van der Waals surface area (Å²) in [5.74, 6) is -0.652. The van der Waals surface area contributed by atoms with Crippen molar-refractivity contribution in [2.24, 2.45) is 0 Å². The van der Waals surface area contributed by atoms with Crippen molar-refractivity contribution in [1.82, 2.24) is 4.90 Å². The first-order valence-electron chi connectivity index (χ1n) is 7.21. The predicted molar refractivity (Wildman–Crippen MR) is 77.6 cm³/mol. The van der Waals surface area contributed by atoms with Crippen LogP contribution in [0.4, 0.5) is 5.69 Å². The number of rotatable bonds is 3. The number of hydrogen-bond donors (Lipinski definition) is 0. The fourth-order valence-corrected chi connectivity index (χ4v) is 2.88. The van der Waals surface area contributed by atoms with E-state index in [1.54, 1.807) is 17.0 Å². The fourth-order valence-electron chi connectivity index (χ4n) is 2.88. The van der Waals surface area contributed by atoms with Gasteiger partial charge in [0, 0.05) is 13.0 Å². The molecule has 0 bridgehead atoms. The summed E-state index contributed by atoms with van der Waals surface area (Å²) in [6.45, 7) is 3.41. The van der Waals surface area contributed by atoms with Crippen LogP contribution in [-0.4, -0.2) is 34.7 Å². The minimum absolute atomic E-state index is 0.0861. The third kappa shape index (κ3) is 2.44. The molecule has 0 N–H and O–H groups in total. The van der Waals surface area contributed by atoms with E-state index >= 15 is 0 Å². The molecule has 110 valence electrons. The molecule has 1 saturated heterocycles. The zero-order valence-electron chi connectivity index (χ0n) is 12.2. The van der Waals surface area contributed by atoms with E-state index in [4.69, 9.17) is 0 Å². The number of amides is 3. The third-order valence-electron chi connectivity index (χ3n) is 4.05. The Morgan fingerprint density at radius 2 is 1.81 bits per heavy atom. The topological polar surface area (TPSA) is 57.7 Å². The van der Waals surface area contributed by atoms with Gasteiger partial charge in [0.25, 0.3) is 5.91 Å². The molecule has 0 spiro atoms. The molecule has 3 rings (SSSR count). The van der Waals surface area contributed by atoms with Crippen molar-refractivity contribution < 1.29 is 14.4 Å². The second kappa shape index (κ2) is 4.98. The van der Waals surface area contributed by atoms with Crippen molar-refractivity contribution >= 4 is 23.4 Å². The Morgan fingerprint density at radius 1 is 1.19 bits per heavy atom. The molecule has 1 aromatic carbocycles. The van der Waals surface area contributed by atoms with Crippen LogP contribution in [0.1, 0.15) is 31.7 Å². The molecule has 1 aliphatic heterocycles. The third-order valence-corrected chi connectivity index (χ3v) is 4.05. The number of carbonyl (C=O) groups excluding carboxylic acids is 3. The lowest BCUT2D eigenvalue weighted by Crippen LogP contribution is -2.45. The lowest BCUT2D eigenvalue weighted by Gasteiger charge is -2.26. The van der Waals surface area contributed by atoms with E-state index in [-0.39, 0.29) is 30.2 Å². The van der Waals surface area contributed by atoms with Gasteiger partial charge < -0.3 is 4.90 Å². The zero-order chi connectivity index (χ0) is 15.1. The Hall–Kier alpha value is -2.17.